The van der Waals surface area contributed by atoms with Crippen molar-refractivity contribution >= 4 is 44.8 Å². The van der Waals surface area contributed by atoms with Crippen molar-refractivity contribution in [2.24, 2.45) is 0 Å². The summed E-state index contributed by atoms with van der Waals surface area (Å²) in [5.74, 6) is 1.31. The van der Waals surface area contributed by atoms with Crippen LogP contribution < -0.4 is 4.90 Å². The van der Waals surface area contributed by atoms with Gasteiger partial charge < -0.3 is 4.90 Å². The van der Waals surface area contributed by atoms with Crippen molar-refractivity contribution < 1.29 is 8.42 Å². The number of aromatic nitrogens is 4. The molecule has 2 aromatic carbocycles. The Balaban J connectivity index is 1.63. The molecular formula is C24H24Cl2N6O2S. The molecule has 182 valence electrons. The first-order valence-electron chi connectivity index (χ1n) is 11.3. The smallest absolute Gasteiger partial charge is 0.229 e. The number of benzene rings is 2. The quantitative estimate of drug-likeness (QED) is 0.376. The molecule has 0 saturated carbocycles. The number of hydrogen-bond acceptors (Lipinski definition) is 6. The number of anilines is 1. The molecule has 35 heavy (non-hydrogen) atoms. The van der Waals surface area contributed by atoms with Gasteiger partial charge in [0.1, 0.15) is 11.5 Å². The lowest BCUT2D eigenvalue weighted by Crippen LogP contribution is -2.49. The molecule has 0 aliphatic carbocycles. The molecule has 0 radical (unpaired) electrons. The molecule has 0 bridgehead atoms. The lowest BCUT2D eigenvalue weighted by molar-refractivity contribution is 0.383. The molecule has 8 nitrogen and oxygen atoms in total. The molecule has 4 aromatic rings. The number of fused-ring (bicyclic) bond motifs is 1. The van der Waals surface area contributed by atoms with Crippen molar-refractivity contribution in [2.75, 3.05) is 36.8 Å². The van der Waals surface area contributed by atoms with E-state index in [2.05, 4.69) is 0 Å². The van der Waals surface area contributed by atoms with Crippen molar-refractivity contribution in [3.63, 3.8) is 0 Å². The molecule has 0 amide bonds. The summed E-state index contributed by atoms with van der Waals surface area (Å²) >= 11 is 12.7. The standard InChI is InChI=1S/C24H24Cl2N6O2S/c1-3-35(33,34)31-14-12-30(13-15-31)24-27-16(2)32-23(28-24)21(17-8-10-18(25)11-9-17)22(29-32)19-6-4-5-7-20(19)26/h4-11H,3,12-15H2,1-2H3. The van der Waals surface area contributed by atoms with E-state index in [1.54, 1.807) is 11.4 Å². The Labute approximate surface area is 214 Å². The van der Waals surface area contributed by atoms with Gasteiger partial charge in [-0.15, -0.1) is 0 Å². The Bertz CT molecular complexity index is 1500. The summed E-state index contributed by atoms with van der Waals surface area (Å²) in [4.78, 5) is 11.6. The summed E-state index contributed by atoms with van der Waals surface area (Å²) in [5.41, 5.74) is 3.87. The Hall–Kier alpha value is -2.72. The Morgan fingerprint density at radius 2 is 1.63 bits per heavy atom. The molecular weight excluding hydrogens is 507 g/mol. The third-order valence-corrected chi connectivity index (χ3v) is 8.64. The van der Waals surface area contributed by atoms with Gasteiger partial charge in [-0.05, 0) is 37.6 Å². The zero-order chi connectivity index (χ0) is 24.7. The third-order valence-electron chi connectivity index (χ3n) is 6.18. The normalized spacial score (nSPS) is 15.1. The van der Waals surface area contributed by atoms with Crippen molar-refractivity contribution in [3.8, 4) is 22.4 Å². The van der Waals surface area contributed by atoms with E-state index in [-0.39, 0.29) is 5.75 Å². The van der Waals surface area contributed by atoms with Gasteiger partial charge in [-0.3, -0.25) is 0 Å². The fraction of sp³-hybridized carbons (Fsp3) is 0.292. The predicted molar refractivity (Wildman–Crippen MR) is 140 cm³/mol. The van der Waals surface area contributed by atoms with Crippen LogP contribution in [0.4, 0.5) is 5.95 Å². The van der Waals surface area contributed by atoms with Gasteiger partial charge in [0.05, 0.1) is 16.3 Å². The van der Waals surface area contributed by atoms with Gasteiger partial charge in [0.2, 0.25) is 16.0 Å². The van der Waals surface area contributed by atoms with Crippen molar-refractivity contribution in [2.45, 2.75) is 13.8 Å². The molecule has 1 aliphatic rings. The first-order chi connectivity index (χ1) is 16.8. The topological polar surface area (TPSA) is 83.7 Å². The van der Waals surface area contributed by atoms with E-state index in [9.17, 15) is 8.42 Å². The summed E-state index contributed by atoms with van der Waals surface area (Å²) < 4.78 is 27.8. The van der Waals surface area contributed by atoms with Crippen LogP contribution in [0.2, 0.25) is 10.0 Å². The van der Waals surface area contributed by atoms with Crippen LogP contribution in [0.1, 0.15) is 12.7 Å². The van der Waals surface area contributed by atoms with Crippen LogP contribution >= 0.6 is 23.2 Å². The highest BCUT2D eigenvalue weighted by Gasteiger charge is 2.28. The van der Waals surface area contributed by atoms with E-state index in [1.807, 2.05) is 60.4 Å². The zero-order valence-corrected chi connectivity index (χ0v) is 21.6. The number of halogens is 2. The maximum Gasteiger partial charge on any atom is 0.229 e. The maximum absolute atomic E-state index is 12.3. The zero-order valence-electron chi connectivity index (χ0n) is 19.3. The van der Waals surface area contributed by atoms with Gasteiger partial charge in [-0.25, -0.2) is 8.42 Å². The Kier molecular flexibility index (Phi) is 6.43. The van der Waals surface area contributed by atoms with Crippen LogP contribution in [0.3, 0.4) is 0 Å². The SMILES string of the molecule is CCS(=O)(=O)N1CCN(c2nc(C)n3nc(-c4ccccc4Cl)c(-c4ccc(Cl)cc4)c3n2)CC1. The fourth-order valence-corrected chi connectivity index (χ4v) is 5.70. The summed E-state index contributed by atoms with van der Waals surface area (Å²) in [7, 11) is -3.22. The summed E-state index contributed by atoms with van der Waals surface area (Å²) in [6.45, 7) is 5.37. The molecule has 1 saturated heterocycles. The second-order valence-corrected chi connectivity index (χ2v) is 11.4. The first kappa shape index (κ1) is 24.0. The Morgan fingerprint density at radius 1 is 0.943 bits per heavy atom. The van der Waals surface area contributed by atoms with Gasteiger partial charge in [0, 0.05) is 36.8 Å². The van der Waals surface area contributed by atoms with Crippen LogP contribution in [0.25, 0.3) is 28.0 Å². The highest BCUT2D eigenvalue weighted by molar-refractivity contribution is 7.89. The lowest BCUT2D eigenvalue weighted by Gasteiger charge is -2.33. The number of piperazine rings is 1. The van der Waals surface area contributed by atoms with E-state index in [0.29, 0.717) is 59.3 Å². The average molecular weight is 531 g/mol. The van der Waals surface area contributed by atoms with Gasteiger partial charge in [0.15, 0.2) is 5.65 Å². The minimum absolute atomic E-state index is 0.0969. The number of nitrogens with zero attached hydrogens (tertiary/aromatic N) is 6. The van der Waals surface area contributed by atoms with Crippen LogP contribution in [0, 0.1) is 6.92 Å². The van der Waals surface area contributed by atoms with Gasteiger partial charge in [-0.2, -0.15) is 23.9 Å². The van der Waals surface area contributed by atoms with Gasteiger partial charge >= 0.3 is 0 Å². The second kappa shape index (κ2) is 9.39. The number of hydrogen-bond donors (Lipinski definition) is 0. The van der Waals surface area contributed by atoms with Gasteiger partial charge in [-0.1, -0.05) is 53.5 Å². The summed E-state index contributed by atoms with van der Waals surface area (Å²) in [5, 5.41) is 6.08. The number of rotatable bonds is 5. The molecule has 3 heterocycles. The average Bonchev–Trinajstić information content (AvgIpc) is 3.25. The molecule has 11 heteroatoms. The minimum Gasteiger partial charge on any atom is -0.338 e. The van der Waals surface area contributed by atoms with Crippen LogP contribution in [0.15, 0.2) is 48.5 Å². The molecule has 0 atom stereocenters. The highest BCUT2D eigenvalue weighted by Crippen LogP contribution is 2.38. The number of sulfonamides is 1. The van der Waals surface area contributed by atoms with E-state index in [0.717, 1.165) is 16.7 Å². The van der Waals surface area contributed by atoms with E-state index >= 15 is 0 Å². The van der Waals surface area contributed by atoms with Crippen molar-refractivity contribution in [1.29, 1.82) is 0 Å². The molecule has 2 aromatic heterocycles. The van der Waals surface area contributed by atoms with E-state index in [4.69, 9.17) is 38.3 Å². The monoisotopic (exact) mass is 530 g/mol. The molecule has 1 aliphatic heterocycles. The second-order valence-electron chi connectivity index (χ2n) is 8.30. The minimum atomic E-state index is -3.22. The predicted octanol–water partition coefficient (Wildman–Crippen LogP) is 4.55. The van der Waals surface area contributed by atoms with Gasteiger partial charge in [0.25, 0.3) is 0 Å². The van der Waals surface area contributed by atoms with Crippen molar-refractivity contribution in [1.82, 2.24) is 23.9 Å². The van der Waals surface area contributed by atoms with E-state index in [1.165, 1.54) is 4.31 Å². The number of aryl methyl sites for hydroxylation is 1. The lowest BCUT2D eigenvalue weighted by atomic mass is 10.0. The first-order valence-corrected chi connectivity index (χ1v) is 13.7. The maximum atomic E-state index is 12.3. The molecule has 0 spiro atoms. The van der Waals surface area contributed by atoms with E-state index < -0.39 is 10.0 Å². The molecule has 0 N–H and O–H groups in total. The van der Waals surface area contributed by atoms with Crippen LogP contribution in [-0.2, 0) is 10.0 Å². The van der Waals surface area contributed by atoms with Crippen LogP contribution in [-0.4, -0.2) is 64.2 Å². The largest absolute Gasteiger partial charge is 0.338 e. The van der Waals surface area contributed by atoms with Crippen molar-refractivity contribution in [3.05, 3.63) is 64.4 Å². The third kappa shape index (κ3) is 4.49. The summed E-state index contributed by atoms with van der Waals surface area (Å²) in [6.07, 6.45) is 0. The molecule has 1 fully saturated rings. The Morgan fingerprint density at radius 3 is 2.29 bits per heavy atom. The summed E-state index contributed by atoms with van der Waals surface area (Å²) in [6, 6.07) is 15.1. The molecule has 5 rings (SSSR count). The molecule has 0 unspecified atom stereocenters. The van der Waals surface area contributed by atoms with Crippen LogP contribution in [0.5, 0.6) is 0 Å². The fourth-order valence-electron chi connectivity index (χ4n) is 4.26. The highest BCUT2D eigenvalue weighted by atomic mass is 35.5.